The van der Waals surface area contributed by atoms with Gasteiger partial charge in [-0.3, -0.25) is 0 Å². The molecule has 14 heavy (non-hydrogen) atoms. The van der Waals surface area contributed by atoms with E-state index >= 15 is 0 Å². The van der Waals surface area contributed by atoms with Crippen molar-refractivity contribution in [3.63, 3.8) is 0 Å². The molecule has 3 nitrogen and oxygen atoms in total. The van der Waals surface area contributed by atoms with Crippen LogP contribution in [0.5, 0.6) is 0 Å². The van der Waals surface area contributed by atoms with Gasteiger partial charge in [-0.2, -0.15) is 11.8 Å². The van der Waals surface area contributed by atoms with Gasteiger partial charge in [0.2, 0.25) is 0 Å². The lowest BCUT2D eigenvalue weighted by Crippen LogP contribution is -2.27. The van der Waals surface area contributed by atoms with E-state index < -0.39 is 5.60 Å². The quantitative estimate of drug-likeness (QED) is 0.735. The van der Waals surface area contributed by atoms with Crippen molar-refractivity contribution in [2.24, 2.45) is 0 Å². The normalized spacial score (nSPS) is 32.0. The van der Waals surface area contributed by atoms with E-state index in [0.29, 0.717) is 16.8 Å². The Morgan fingerprint density at radius 3 is 3.07 bits per heavy atom. The maximum atomic E-state index is 10.4. The topological polar surface area (TPSA) is 59.1 Å². The van der Waals surface area contributed by atoms with Crippen molar-refractivity contribution in [3.8, 4) is 0 Å². The smallest absolute Gasteiger partial charge is 0.129 e. The summed E-state index contributed by atoms with van der Waals surface area (Å²) in [5, 5.41) is 10.9. The number of pyridine rings is 1. The zero-order valence-corrected chi connectivity index (χ0v) is 8.92. The average Bonchev–Trinajstić information content (AvgIpc) is 2.48. The van der Waals surface area contributed by atoms with Gasteiger partial charge in [0.1, 0.15) is 11.4 Å². The number of hydrogen-bond acceptors (Lipinski definition) is 4. The Morgan fingerprint density at radius 2 is 2.50 bits per heavy atom. The zero-order chi connectivity index (χ0) is 10.2. The van der Waals surface area contributed by atoms with Crippen molar-refractivity contribution in [1.82, 2.24) is 4.98 Å². The van der Waals surface area contributed by atoms with Crippen molar-refractivity contribution in [2.75, 3.05) is 11.5 Å². The molecule has 1 aliphatic heterocycles. The van der Waals surface area contributed by atoms with Crippen LogP contribution in [0.4, 0.5) is 5.82 Å². The Bertz CT molecular complexity index is 345. The number of nitrogens with zero attached hydrogens (tertiary/aromatic N) is 1. The molecular weight excluding hydrogens is 196 g/mol. The number of nitrogen functional groups attached to an aromatic ring is 1. The molecule has 0 bridgehead atoms. The van der Waals surface area contributed by atoms with Gasteiger partial charge in [0, 0.05) is 22.8 Å². The molecule has 3 N–H and O–H groups in total. The molecule has 2 rings (SSSR count). The van der Waals surface area contributed by atoms with E-state index in [9.17, 15) is 5.11 Å². The average molecular weight is 210 g/mol. The molecule has 0 radical (unpaired) electrons. The fourth-order valence-corrected chi connectivity index (χ4v) is 3.10. The minimum absolute atomic E-state index is 0.449. The summed E-state index contributed by atoms with van der Waals surface area (Å²) < 4.78 is 0. The molecule has 0 spiro atoms. The van der Waals surface area contributed by atoms with E-state index in [1.165, 1.54) is 0 Å². The molecular formula is C10H14N2OS. The van der Waals surface area contributed by atoms with Gasteiger partial charge in [-0.05, 0) is 12.5 Å². The highest BCUT2D eigenvalue weighted by Crippen LogP contribution is 2.42. The summed E-state index contributed by atoms with van der Waals surface area (Å²) in [4.78, 5) is 4.00. The molecule has 0 amide bonds. The Balaban J connectivity index is 2.35. The first kappa shape index (κ1) is 9.80. The maximum absolute atomic E-state index is 10.4. The van der Waals surface area contributed by atoms with E-state index in [1.54, 1.807) is 18.0 Å². The van der Waals surface area contributed by atoms with Gasteiger partial charge in [-0.25, -0.2) is 4.98 Å². The Labute approximate surface area is 87.7 Å². The molecule has 1 fully saturated rings. The molecule has 0 saturated carbocycles. The lowest BCUT2D eigenvalue weighted by Gasteiger charge is -2.22. The zero-order valence-electron chi connectivity index (χ0n) is 8.10. The third-order valence-corrected chi connectivity index (χ3v) is 3.95. The van der Waals surface area contributed by atoms with Gasteiger partial charge in [0.25, 0.3) is 0 Å². The van der Waals surface area contributed by atoms with Crippen LogP contribution >= 0.6 is 11.8 Å². The van der Waals surface area contributed by atoms with E-state index in [4.69, 9.17) is 5.73 Å². The first-order valence-corrected chi connectivity index (χ1v) is 5.72. The lowest BCUT2D eigenvalue weighted by atomic mass is 9.92. The predicted molar refractivity (Wildman–Crippen MR) is 59.1 cm³/mol. The number of hydrogen-bond donors (Lipinski definition) is 2. The van der Waals surface area contributed by atoms with Gasteiger partial charge in [0.05, 0.1) is 0 Å². The van der Waals surface area contributed by atoms with Crippen LogP contribution in [0.25, 0.3) is 0 Å². The highest BCUT2D eigenvalue weighted by atomic mass is 32.2. The van der Waals surface area contributed by atoms with Crippen LogP contribution in [0, 0.1) is 0 Å². The minimum atomic E-state index is -0.775. The van der Waals surface area contributed by atoms with Crippen LogP contribution < -0.4 is 5.73 Å². The second kappa shape index (κ2) is 3.44. The van der Waals surface area contributed by atoms with Crippen molar-refractivity contribution in [1.29, 1.82) is 0 Å². The van der Waals surface area contributed by atoms with Crippen LogP contribution in [0.2, 0.25) is 0 Å². The van der Waals surface area contributed by atoms with Gasteiger partial charge >= 0.3 is 0 Å². The third-order valence-electron chi connectivity index (χ3n) is 2.57. The van der Waals surface area contributed by atoms with Crippen LogP contribution in [-0.4, -0.2) is 21.1 Å². The molecule has 4 heteroatoms. The highest BCUT2D eigenvalue weighted by molar-refractivity contribution is 8.00. The van der Waals surface area contributed by atoms with Crippen LogP contribution in [0.3, 0.4) is 0 Å². The minimum Gasteiger partial charge on any atom is -0.384 e. The maximum Gasteiger partial charge on any atom is 0.129 e. The number of nitrogens with two attached hydrogens (primary N) is 1. The summed E-state index contributed by atoms with van der Waals surface area (Å²) >= 11 is 1.77. The second-order valence-corrected chi connectivity index (χ2v) is 5.22. The second-order valence-electron chi connectivity index (χ2n) is 3.79. The number of anilines is 1. The van der Waals surface area contributed by atoms with Crippen molar-refractivity contribution in [2.45, 2.75) is 24.2 Å². The summed E-state index contributed by atoms with van der Waals surface area (Å²) in [5.74, 6) is 1.16. The Kier molecular flexibility index (Phi) is 2.41. The molecule has 0 aliphatic carbocycles. The lowest BCUT2D eigenvalue weighted by molar-refractivity contribution is 0.0617. The summed E-state index contributed by atoms with van der Waals surface area (Å²) in [6.45, 7) is 2.12. The summed E-state index contributed by atoms with van der Waals surface area (Å²) in [6.07, 6.45) is 2.40. The first-order chi connectivity index (χ1) is 6.62. The largest absolute Gasteiger partial charge is 0.384 e. The van der Waals surface area contributed by atoms with Crippen LogP contribution in [0.1, 0.15) is 18.9 Å². The summed E-state index contributed by atoms with van der Waals surface area (Å²) in [7, 11) is 0. The number of thioether (sulfide) groups is 1. The van der Waals surface area contributed by atoms with Crippen LogP contribution in [-0.2, 0) is 5.60 Å². The molecule has 1 saturated heterocycles. The highest BCUT2D eigenvalue weighted by Gasteiger charge is 2.39. The third kappa shape index (κ3) is 1.60. The monoisotopic (exact) mass is 210 g/mol. The molecule has 1 aromatic heterocycles. The molecule has 1 aliphatic rings. The van der Waals surface area contributed by atoms with Crippen molar-refractivity contribution in [3.05, 3.63) is 23.9 Å². The van der Waals surface area contributed by atoms with Gasteiger partial charge in [0.15, 0.2) is 0 Å². The fourth-order valence-electron chi connectivity index (χ4n) is 1.87. The SMILES string of the molecule is CC1CC(O)(c2cccnc2N)CS1. The van der Waals surface area contributed by atoms with E-state index in [1.807, 2.05) is 12.1 Å². The number of aliphatic hydroxyl groups is 1. The standard InChI is InChI=1S/C10H14N2OS/c1-7-5-10(13,6-14-7)8-3-2-4-12-9(8)11/h2-4,7,13H,5-6H2,1H3,(H2,11,12). The molecule has 1 aromatic rings. The van der Waals surface area contributed by atoms with Gasteiger partial charge in [-0.1, -0.05) is 13.0 Å². The fraction of sp³-hybridized carbons (Fsp3) is 0.500. The Hall–Kier alpha value is -0.740. The molecule has 0 aromatic carbocycles. The number of rotatable bonds is 1. The molecule has 2 heterocycles. The molecule has 2 unspecified atom stereocenters. The van der Waals surface area contributed by atoms with Crippen molar-refractivity contribution < 1.29 is 5.11 Å². The summed E-state index contributed by atoms with van der Waals surface area (Å²) in [5.41, 5.74) is 5.75. The predicted octanol–water partition coefficient (Wildman–Crippen LogP) is 1.38. The molecule has 76 valence electrons. The van der Waals surface area contributed by atoms with Gasteiger partial charge < -0.3 is 10.8 Å². The Morgan fingerprint density at radius 1 is 1.71 bits per heavy atom. The summed E-state index contributed by atoms with van der Waals surface area (Å²) in [6, 6.07) is 3.68. The van der Waals surface area contributed by atoms with Crippen molar-refractivity contribution >= 4 is 17.6 Å². The van der Waals surface area contributed by atoms with E-state index in [2.05, 4.69) is 11.9 Å². The van der Waals surface area contributed by atoms with E-state index in [0.717, 1.165) is 12.0 Å². The molecule has 2 atom stereocenters. The van der Waals surface area contributed by atoms with E-state index in [-0.39, 0.29) is 0 Å². The first-order valence-electron chi connectivity index (χ1n) is 4.67. The van der Waals surface area contributed by atoms with Crippen LogP contribution in [0.15, 0.2) is 18.3 Å². The van der Waals surface area contributed by atoms with Gasteiger partial charge in [-0.15, -0.1) is 0 Å². The number of aromatic nitrogens is 1.